The molecular weight excluding hydrogens is 368 g/mol. The fourth-order valence-corrected chi connectivity index (χ4v) is 2.83. The first-order valence-electron chi connectivity index (χ1n) is 5.14. The van der Waals surface area contributed by atoms with Gasteiger partial charge in [-0.05, 0) is 42.3 Å². The molecule has 0 amide bonds. The average Bonchev–Trinajstić information content (AvgIpc) is 2.42. The van der Waals surface area contributed by atoms with Crippen molar-refractivity contribution < 1.29 is 4.79 Å². The Balaban J connectivity index is 2.22. The fraction of sp³-hybridized carbons (Fsp3) is 0.0833. The molecule has 1 aromatic heterocycles. The van der Waals surface area contributed by atoms with Crippen molar-refractivity contribution in [2.75, 3.05) is 6.26 Å². The molecule has 0 radical (unpaired) electrons. The summed E-state index contributed by atoms with van der Waals surface area (Å²) in [5.41, 5.74) is 0.244. The van der Waals surface area contributed by atoms with Crippen LogP contribution in [-0.4, -0.2) is 21.3 Å². The van der Waals surface area contributed by atoms with E-state index < -0.39 is 0 Å². The summed E-state index contributed by atoms with van der Waals surface area (Å²) in [6.07, 6.45) is 3.30. The third-order valence-electron chi connectivity index (χ3n) is 2.12. The van der Waals surface area contributed by atoms with Crippen LogP contribution in [0.3, 0.4) is 0 Å². The molecule has 2 rings (SSSR count). The van der Waals surface area contributed by atoms with E-state index in [0.717, 1.165) is 21.1 Å². The van der Waals surface area contributed by atoms with Crippen LogP contribution in [0.5, 0.6) is 0 Å². The Bertz CT molecular complexity index is 607. The molecule has 0 aliphatic heterocycles. The largest absolute Gasteiger partial charge is 0.279 e. The van der Waals surface area contributed by atoms with E-state index >= 15 is 0 Å². The molecule has 7 heteroatoms. The standard InChI is InChI=1S/C12H8BrClN2OS2/c1-18-12-15-6-9(14)10(16-12)11(17)19-8-4-2-7(13)3-5-8/h2-6H,1H3. The Hall–Kier alpha value is -0.560. The zero-order valence-electron chi connectivity index (χ0n) is 9.76. The van der Waals surface area contributed by atoms with E-state index in [-0.39, 0.29) is 15.8 Å². The second kappa shape index (κ2) is 6.74. The van der Waals surface area contributed by atoms with Gasteiger partial charge in [0.05, 0.1) is 11.2 Å². The SMILES string of the molecule is CSc1ncc(Cl)c(C(=O)Sc2ccc(Br)cc2)n1. The van der Waals surface area contributed by atoms with Crippen molar-refractivity contribution in [1.29, 1.82) is 0 Å². The van der Waals surface area contributed by atoms with Crippen LogP contribution < -0.4 is 0 Å². The second-order valence-electron chi connectivity index (χ2n) is 3.40. The Labute approximate surface area is 132 Å². The quantitative estimate of drug-likeness (QED) is 0.582. The molecule has 0 aliphatic carbocycles. The molecule has 0 atom stereocenters. The van der Waals surface area contributed by atoms with Crippen molar-refractivity contribution in [3.63, 3.8) is 0 Å². The summed E-state index contributed by atoms with van der Waals surface area (Å²) in [4.78, 5) is 21.2. The minimum Gasteiger partial charge on any atom is -0.279 e. The molecule has 0 bridgehead atoms. The van der Waals surface area contributed by atoms with Crippen molar-refractivity contribution in [3.05, 3.63) is 45.7 Å². The van der Waals surface area contributed by atoms with Crippen molar-refractivity contribution >= 4 is 56.2 Å². The number of aromatic nitrogens is 2. The third kappa shape index (κ3) is 3.95. The van der Waals surface area contributed by atoms with Crippen LogP contribution in [0.1, 0.15) is 10.5 Å². The smallest absolute Gasteiger partial charge is 0.244 e. The molecule has 19 heavy (non-hydrogen) atoms. The van der Waals surface area contributed by atoms with Crippen LogP contribution in [0.15, 0.2) is 45.0 Å². The van der Waals surface area contributed by atoms with Gasteiger partial charge in [-0.3, -0.25) is 4.79 Å². The maximum Gasteiger partial charge on any atom is 0.244 e. The summed E-state index contributed by atoms with van der Waals surface area (Å²) in [7, 11) is 0. The third-order valence-corrected chi connectivity index (χ3v) is 4.38. The number of rotatable bonds is 3. The topological polar surface area (TPSA) is 42.9 Å². The first-order chi connectivity index (χ1) is 9.10. The number of nitrogens with zero attached hydrogens (tertiary/aromatic N) is 2. The number of carbonyl (C=O) groups is 1. The van der Waals surface area contributed by atoms with E-state index in [9.17, 15) is 4.79 Å². The molecule has 0 spiro atoms. The van der Waals surface area contributed by atoms with E-state index in [4.69, 9.17) is 11.6 Å². The van der Waals surface area contributed by atoms with Crippen LogP contribution in [0.4, 0.5) is 0 Å². The van der Waals surface area contributed by atoms with Crippen molar-refractivity contribution in [2.45, 2.75) is 10.1 Å². The molecule has 0 fully saturated rings. The Kier molecular flexibility index (Phi) is 5.27. The molecule has 2 aromatic rings. The molecule has 3 nitrogen and oxygen atoms in total. The number of hydrogen-bond acceptors (Lipinski definition) is 5. The summed E-state index contributed by atoms with van der Waals surface area (Å²) < 4.78 is 0.967. The molecule has 1 aromatic carbocycles. The van der Waals surface area contributed by atoms with E-state index in [2.05, 4.69) is 25.9 Å². The van der Waals surface area contributed by atoms with Crippen LogP contribution in [-0.2, 0) is 0 Å². The van der Waals surface area contributed by atoms with Crippen molar-refractivity contribution in [2.24, 2.45) is 0 Å². The molecule has 0 saturated carbocycles. The van der Waals surface area contributed by atoms with E-state index in [1.54, 1.807) is 0 Å². The zero-order chi connectivity index (χ0) is 13.8. The number of halogens is 2. The van der Waals surface area contributed by atoms with Crippen molar-refractivity contribution in [3.8, 4) is 0 Å². The van der Waals surface area contributed by atoms with Gasteiger partial charge in [-0.15, -0.1) is 0 Å². The van der Waals surface area contributed by atoms with E-state index in [0.29, 0.717) is 5.16 Å². The predicted molar refractivity (Wildman–Crippen MR) is 83.2 cm³/mol. The fourth-order valence-electron chi connectivity index (χ4n) is 1.25. The molecule has 0 aliphatic rings. The van der Waals surface area contributed by atoms with Gasteiger partial charge in [0.1, 0.15) is 5.69 Å². The Morgan fingerprint density at radius 2 is 2.00 bits per heavy atom. The van der Waals surface area contributed by atoms with E-state index in [1.807, 2.05) is 30.5 Å². The predicted octanol–water partition coefficient (Wildman–Crippen LogP) is 4.55. The molecule has 1 heterocycles. The number of hydrogen-bond donors (Lipinski definition) is 0. The summed E-state index contributed by atoms with van der Waals surface area (Å²) in [5, 5.41) is 0.613. The van der Waals surface area contributed by atoms with E-state index in [1.165, 1.54) is 18.0 Å². The van der Waals surface area contributed by atoms with Gasteiger partial charge < -0.3 is 0 Å². The lowest BCUT2D eigenvalue weighted by molar-refractivity contribution is 0.108. The highest BCUT2D eigenvalue weighted by Crippen LogP contribution is 2.27. The van der Waals surface area contributed by atoms with Gasteiger partial charge in [0.15, 0.2) is 5.16 Å². The Morgan fingerprint density at radius 3 is 2.63 bits per heavy atom. The van der Waals surface area contributed by atoms with Gasteiger partial charge >= 0.3 is 0 Å². The van der Waals surface area contributed by atoms with Crippen LogP contribution >= 0.6 is 51.1 Å². The highest BCUT2D eigenvalue weighted by molar-refractivity contribution is 9.10. The highest BCUT2D eigenvalue weighted by Gasteiger charge is 2.15. The van der Waals surface area contributed by atoms with Gasteiger partial charge in [-0.2, -0.15) is 0 Å². The van der Waals surface area contributed by atoms with Gasteiger partial charge in [0.2, 0.25) is 5.12 Å². The maximum absolute atomic E-state index is 12.2. The van der Waals surface area contributed by atoms with Gasteiger partial charge in [0.25, 0.3) is 0 Å². The zero-order valence-corrected chi connectivity index (χ0v) is 13.7. The first kappa shape index (κ1) is 14.8. The lowest BCUT2D eigenvalue weighted by Crippen LogP contribution is -2.01. The van der Waals surface area contributed by atoms with Crippen LogP contribution in [0.2, 0.25) is 5.02 Å². The number of carbonyl (C=O) groups excluding carboxylic acids is 1. The number of benzene rings is 1. The van der Waals surface area contributed by atoms with Crippen LogP contribution in [0, 0.1) is 0 Å². The van der Waals surface area contributed by atoms with Crippen molar-refractivity contribution in [1.82, 2.24) is 9.97 Å². The summed E-state index contributed by atoms with van der Waals surface area (Å²) in [5.74, 6) is 0. The second-order valence-corrected chi connectivity index (χ2v) is 6.54. The lowest BCUT2D eigenvalue weighted by atomic mass is 10.4. The molecule has 0 saturated heterocycles. The van der Waals surface area contributed by atoms with Gasteiger partial charge in [-0.25, -0.2) is 9.97 Å². The average molecular weight is 376 g/mol. The number of thioether (sulfide) groups is 2. The molecule has 0 N–H and O–H groups in total. The maximum atomic E-state index is 12.2. The summed E-state index contributed by atoms with van der Waals surface area (Å²) in [6, 6.07) is 7.48. The normalized spacial score (nSPS) is 10.5. The lowest BCUT2D eigenvalue weighted by Gasteiger charge is -2.04. The molecule has 0 unspecified atom stereocenters. The minimum absolute atomic E-state index is 0.190. The van der Waals surface area contributed by atoms with Gasteiger partial charge in [-0.1, -0.05) is 39.3 Å². The molecule has 98 valence electrons. The Morgan fingerprint density at radius 1 is 1.32 bits per heavy atom. The first-order valence-corrected chi connectivity index (χ1v) is 8.35. The van der Waals surface area contributed by atoms with Gasteiger partial charge in [0, 0.05) is 9.37 Å². The highest BCUT2D eigenvalue weighted by atomic mass is 79.9. The monoisotopic (exact) mass is 374 g/mol. The minimum atomic E-state index is -0.190. The molecular formula is C12H8BrClN2OS2. The summed E-state index contributed by atoms with van der Waals surface area (Å²) >= 11 is 11.8. The summed E-state index contributed by atoms with van der Waals surface area (Å²) in [6.45, 7) is 0. The van der Waals surface area contributed by atoms with Crippen LogP contribution in [0.25, 0.3) is 0 Å².